The van der Waals surface area contributed by atoms with Gasteiger partial charge in [-0.15, -0.1) is 0 Å². The molecule has 4 nitrogen and oxygen atoms in total. The van der Waals surface area contributed by atoms with Crippen molar-refractivity contribution in [3.05, 3.63) is 23.8 Å². The number of anilines is 2. The van der Waals surface area contributed by atoms with E-state index >= 15 is 0 Å². The smallest absolute Gasteiger partial charge is 0.367 e. The molecule has 1 saturated heterocycles. The Morgan fingerprint density at radius 1 is 1.21 bits per heavy atom. The van der Waals surface area contributed by atoms with E-state index in [0.29, 0.717) is 11.6 Å². The topological polar surface area (TPSA) is 35.6 Å². The van der Waals surface area contributed by atoms with E-state index in [1.165, 1.54) is 6.07 Å². The number of amides is 1. The van der Waals surface area contributed by atoms with Crippen molar-refractivity contribution >= 4 is 17.3 Å². The molecule has 24 heavy (non-hydrogen) atoms. The van der Waals surface area contributed by atoms with Gasteiger partial charge < -0.3 is 15.1 Å². The average molecular weight is 341 g/mol. The fourth-order valence-electron chi connectivity index (χ4n) is 3.05. The maximum atomic E-state index is 13.0. The number of likely N-dealkylation sites (N-methyl/N-ethyl adjacent to an activating group) is 1. The largest absolute Gasteiger partial charge is 0.416 e. The van der Waals surface area contributed by atoms with Crippen molar-refractivity contribution in [3.63, 3.8) is 0 Å². The summed E-state index contributed by atoms with van der Waals surface area (Å²) in [5.41, 5.74) is 0.191. The number of halogens is 3. The van der Waals surface area contributed by atoms with E-state index in [1.54, 1.807) is 0 Å². The zero-order valence-corrected chi connectivity index (χ0v) is 13.9. The summed E-state index contributed by atoms with van der Waals surface area (Å²) in [5.74, 6) is 0.0416. The molecule has 2 fully saturated rings. The van der Waals surface area contributed by atoms with Crippen molar-refractivity contribution in [1.29, 1.82) is 0 Å². The third-order valence-corrected chi connectivity index (χ3v) is 4.87. The van der Waals surface area contributed by atoms with E-state index < -0.39 is 11.7 Å². The van der Waals surface area contributed by atoms with Crippen LogP contribution in [-0.4, -0.2) is 44.0 Å². The van der Waals surface area contributed by atoms with Gasteiger partial charge in [0.1, 0.15) is 0 Å². The molecule has 1 saturated carbocycles. The third kappa shape index (κ3) is 3.66. The molecule has 2 atom stereocenters. The number of piperazine rings is 1. The van der Waals surface area contributed by atoms with Crippen LogP contribution in [0.5, 0.6) is 0 Å². The summed E-state index contributed by atoms with van der Waals surface area (Å²) in [5, 5.41) is 2.73. The van der Waals surface area contributed by atoms with Gasteiger partial charge in [-0.1, -0.05) is 6.92 Å². The normalized spacial score (nSPS) is 24.8. The number of hydrogen-bond donors (Lipinski definition) is 1. The lowest BCUT2D eigenvalue weighted by molar-refractivity contribution is -0.137. The zero-order valence-electron chi connectivity index (χ0n) is 13.9. The number of alkyl halides is 3. The maximum Gasteiger partial charge on any atom is 0.416 e. The molecule has 0 aromatic heterocycles. The standard InChI is InChI=1S/C17H22F3N3O/c1-11-9-13(11)16(24)21-14-10-12(17(18,19)20)3-4-15(14)23-7-5-22(2)6-8-23/h3-4,10-11,13H,5-9H2,1-2H3,(H,21,24)/t11-,13-/m1/s1. The number of hydrogen-bond acceptors (Lipinski definition) is 3. The first kappa shape index (κ1) is 17.1. The highest BCUT2D eigenvalue weighted by molar-refractivity contribution is 5.97. The third-order valence-electron chi connectivity index (χ3n) is 4.87. The first-order valence-electron chi connectivity index (χ1n) is 8.21. The van der Waals surface area contributed by atoms with Crippen molar-refractivity contribution in [2.75, 3.05) is 43.4 Å². The van der Waals surface area contributed by atoms with Gasteiger partial charge >= 0.3 is 6.18 Å². The van der Waals surface area contributed by atoms with Gasteiger partial charge in [-0.2, -0.15) is 13.2 Å². The Bertz CT molecular complexity index is 624. The van der Waals surface area contributed by atoms with Gasteiger partial charge in [0.15, 0.2) is 0 Å². The Labute approximate surface area is 139 Å². The molecule has 1 aliphatic carbocycles. The number of carbonyl (C=O) groups is 1. The lowest BCUT2D eigenvalue weighted by atomic mass is 10.1. The van der Waals surface area contributed by atoms with Crippen LogP contribution in [0.15, 0.2) is 18.2 Å². The van der Waals surface area contributed by atoms with Crippen LogP contribution >= 0.6 is 0 Å². The second kappa shape index (κ2) is 6.27. The van der Waals surface area contributed by atoms with Crippen molar-refractivity contribution in [1.82, 2.24) is 4.90 Å². The molecule has 0 bridgehead atoms. The van der Waals surface area contributed by atoms with E-state index in [-0.39, 0.29) is 17.5 Å². The van der Waals surface area contributed by atoms with Crippen molar-refractivity contribution in [2.45, 2.75) is 19.5 Å². The second-order valence-corrected chi connectivity index (χ2v) is 6.83. The number of nitrogens with one attached hydrogen (secondary N) is 1. The number of nitrogens with zero attached hydrogens (tertiary/aromatic N) is 2. The van der Waals surface area contributed by atoms with E-state index in [2.05, 4.69) is 10.2 Å². The molecule has 1 heterocycles. The van der Waals surface area contributed by atoms with Crippen molar-refractivity contribution in [2.24, 2.45) is 11.8 Å². The van der Waals surface area contributed by atoms with Crippen LogP contribution in [0.25, 0.3) is 0 Å². The highest BCUT2D eigenvalue weighted by Crippen LogP contribution is 2.40. The number of rotatable bonds is 3. The van der Waals surface area contributed by atoms with Gasteiger partial charge in [0.2, 0.25) is 5.91 Å². The van der Waals surface area contributed by atoms with Crippen molar-refractivity contribution in [3.8, 4) is 0 Å². The first-order chi connectivity index (χ1) is 11.3. The molecular weight excluding hydrogens is 319 g/mol. The predicted molar refractivity (Wildman–Crippen MR) is 87.1 cm³/mol. The summed E-state index contributed by atoms with van der Waals surface area (Å²) in [6.07, 6.45) is -3.62. The maximum absolute atomic E-state index is 13.0. The van der Waals surface area contributed by atoms with Crippen LogP contribution < -0.4 is 10.2 Å². The van der Waals surface area contributed by atoms with Crippen LogP contribution in [0.1, 0.15) is 18.9 Å². The highest BCUT2D eigenvalue weighted by atomic mass is 19.4. The summed E-state index contributed by atoms with van der Waals surface area (Å²) in [7, 11) is 2.02. The second-order valence-electron chi connectivity index (χ2n) is 6.83. The Hall–Kier alpha value is -1.76. The molecule has 1 amide bonds. The van der Waals surface area contributed by atoms with Crippen LogP contribution in [0.4, 0.5) is 24.5 Å². The zero-order chi connectivity index (χ0) is 17.5. The SMILES string of the molecule is C[C@@H]1C[C@H]1C(=O)Nc1cc(C(F)(F)F)ccc1N1CCN(C)CC1. The molecule has 1 N–H and O–H groups in total. The molecule has 2 aliphatic rings. The van der Waals surface area contributed by atoms with Crippen LogP contribution in [0.3, 0.4) is 0 Å². The monoisotopic (exact) mass is 341 g/mol. The predicted octanol–water partition coefficient (Wildman–Crippen LogP) is 3.05. The molecule has 0 spiro atoms. The van der Waals surface area contributed by atoms with Crippen LogP contribution in [0, 0.1) is 11.8 Å². The van der Waals surface area contributed by atoms with E-state index in [4.69, 9.17) is 0 Å². The molecule has 0 unspecified atom stereocenters. The molecular formula is C17H22F3N3O. The van der Waals surface area contributed by atoms with Crippen molar-refractivity contribution < 1.29 is 18.0 Å². The number of benzene rings is 1. The minimum atomic E-state index is -4.42. The van der Waals surface area contributed by atoms with Gasteiger partial charge in [0.05, 0.1) is 16.9 Å². The lowest BCUT2D eigenvalue weighted by Crippen LogP contribution is -2.44. The quantitative estimate of drug-likeness (QED) is 0.918. The molecule has 1 aromatic carbocycles. The Morgan fingerprint density at radius 2 is 1.83 bits per heavy atom. The van der Waals surface area contributed by atoms with E-state index in [9.17, 15) is 18.0 Å². The minimum absolute atomic E-state index is 0.0834. The lowest BCUT2D eigenvalue weighted by Gasteiger charge is -2.35. The fraction of sp³-hybridized carbons (Fsp3) is 0.588. The highest BCUT2D eigenvalue weighted by Gasteiger charge is 2.40. The molecule has 3 rings (SSSR count). The Kier molecular flexibility index (Phi) is 4.46. The molecule has 1 aromatic rings. The molecule has 7 heteroatoms. The first-order valence-corrected chi connectivity index (χ1v) is 8.21. The van der Waals surface area contributed by atoms with E-state index in [1.807, 2.05) is 18.9 Å². The van der Waals surface area contributed by atoms with Crippen LogP contribution in [-0.2, 0) is 11.0 Å². The number of carbonyl (C=O) groups excluding carboxylic acids is 1. The summed E-state index contributed by atoms with van der Waals surface area (Å²) in [6.45, 7) is 5.11. The Balaban J connectivity index is 1.87. The van der Waals surface area contributed by atoms with Gasteiger partial charge in [-0.25, -0.2) is 0 Å². The summed E-state index contributed by atoms with van der Waals surface area (Å²) in [4.78, 5) is 16.4. The minimum Gasteiger partial charge on any atom is -0.367 e. The van der Waals surface area contributed by atoms with Gasteiger partial charge in [-0.3, -0.25) is 4.79 Å². The molecule has 0 radical (unpaired) electrons. The summed E-state index contributed by atoms with van der Waals surface area (Å²) < 4.78 is 39.1. The fourth-order valence-corrected chi connectivity index (χ4v) is 3.05. The van der Waals surface area contributed by atoms with E-state index in [0.717, 1.165) is 44.7 Å². The average Bonchev–Trinajstić information content (AvgIpc) is 3.24. The van der Waals surface area contributed by atoms with Gasteiger partial charge in [0, 0.05) is 32.1 Å². The summed E-state index contributed by atoms with van der Waals surface area (Å²) in [6, 6.07) is 3.61. The molecule has 1 aliphatic heterocycles. The summed E-state index contributed by atoms with van der Waals surface area (Å²) >= 11 is 0. The molecule has 132 valence electrons. The van der Waals surface area contributed by atoms with Gasteiger partial charge in [-0.05, 0) is 37.6 Å². The van der Waals surface area contributed by atoms with Gasteiger partial charge in [0.25, 0.3) is 0 Å². The van der Waals surface area contributed by atoms with Crippen LogP contribution in [0.2, 0.25) is 0 Å². The Morgan fingerprint density at radius 3 is 2.38 bits per heavy atom.